The maximum atomic E-state index is 13.0. The van der Waals surface area contributed by atoms with Gasteiger partial charge in [-0.15, -0.1) is 0 Å². The molecule has 0 radical (unpaired) electrons. The van der Waals surface area contributed by atoms with E-state index in [4.69, 9.17) is 0 Å². The molecular formula is C16H18F2N4O2. The number of hydrogen-bond donors (Lipinski definition) is 1. The number of nitrogens with zero attached hydrogens (tertiary/aromatic N) is 3. The number of fused-ring (bicyclic) bond motifs is 5. The van der Waals surface area contributed by atoms with E-state index in [1.54, 1.807) is 6.07 Å². The van der Waals surface area contributed by atoms with Crippen LogP contribution in [0.25, 0.3) is 10.9 Å². The van der Waals surface area contributed by atoms with E-state index in [-0.39, 0.29) is 17.7 Å². The Labute approximate surface area is 137 Å². The lowest BCUT2D eigenvalue weighted by Gasteiger charge is -2.31. The Kier molecular flexibility index (Phi) is 3.84. The first kappa shape index (κ1) is 15.3. The first-order chi connectivity index (χ1) is 11.6. The number of amides is 1. The number of rotatable bonds is 3. The van der Waals surface area contributed by atoms with Gasteiger partial charge in [-0.25, -0.2) is 0 Å². The Morgan fingerprint density at radius 3 is 2.79 bits per heavy atom. The normalized spacial score (nSPS) is 23.7. The molecule has 0 saturated carbocycles. The number of aromatic amines is 1. The SMILES string of the molecule is O=C(c1n[nH]c2cc(OC(F)F)ccc12)N1CCN2CCC1CC2. The molecule has 3 aliphatic rings. The molecule has 24 heavy (non-hydrogen) atoms. The number of ether oxygens (including phenoxy) is 1. The summed E-state index contributed by atoms with van der Waals surface area (Å²) in [5.41, 5.74) is 0.855. The van der Waals surface area contributed by atoms with Gasteiger partial charge in [0.25, 0.3) is 5.91 Å². The molecule has 2 bridgehead atoms. The molecule has 5 rings (SSSR count). The van der Waals surface area contributed by atoms with Crippen LogP contribution in [0.15, 0.2) is 18.2 Å². The van der Waals surface area contributed by atoms with Crippen LogP contribution in [-0.2, 0) is 0 Å². The summed E-state index contributed by atoms with van der Waals surface area (Å²) in [4.78, 5) is 17.2. The zero-order chi connectivity index (χ0) is 16.7. The van der Waals surface area contributed by atoms with Crippen LogP contribution in [0.4, 0.5) is 8.78 Å². The van der Waals surface area contributed by atoms with Crippen molar-refractivity contribution in [3.63, 3.8) is 0 Å². The van der Waals surface area contributed by atoms with E-state index in [2.05, 4.69) is 19.8 Å². The Balaban J connectivity index is 1.62. The van der Waals surface area contributed by atoms with Gasteiger partial charge in [0.2, 0.25) is 0 Å². The molecule has 1 amide bonds. The maximum absolute atomic E-state index is 13.0. The molecule has 6 nitrogen and oxygen atoms in total. The monoisotopic (exact) mass is 336 g/mol. The molecular weight excluding hydrogens is 318 g/mol. The van der Waals surface area contributed by atoms with Crippen LogP contribution in [0.5, 0.6) is 5.75 Å². The van der Waals surface area contributed by atoms with E-state index in [9.17, 15) is 13.6 Å². The van der Waals surface area contributed by atoms with Crippen molar-refractivity contribution in [2.75, 3.05) is 26.2 Å². The molecule has 3 saturated heterocycles. The number of carbonyl (C=O) groups is 1. The summed E-state index contributed by atoms with van der Waals surface area (Å²) in [6.07, 6.45) is 1.97. The Hall–Kier alpha value is -2.22. The van der Waals surface area contributed by atoms with Crippen molar-refractivity contribution in [3.8, 4) is 5.75 Å². The number of benzene rings is 1. The maximum Gasteiger partial charge on any atom is 0.387 e. The summed E-state index contributed by atoms with van der Waals surface area (Å²) in [5.74, 6) is -0.0566. The number of carbonyl (C=O) groups excluding carboxylic acids is 1. The van der Waals surface area contributed by atoms with Crippen molar-refractivity contribution >= 4 is 16.8 Å². The van der Waals surface area contributed by atoms with Crippen molar-refractivity contribution < 1.29 is 18.3 Å². The minimum atomic E-state index is -2.88. The average molecular weight is 336 g/mol. The van der Waals surface area contributed by atoms with Gasteiger partial charge >= 0.3 is 6.61 Å². The van der Waals surface area contributed by atoms with Crippen LogP contribution in [0, 0.1) is 0 Å². The van der Waals surface area contributed by atoms with Crippen LogP contribution in [0.3, 0.4) is 0 Å². The first-order valence-electron chi connectivity index (χ1n) is 8.08. The highest BCUT2D eigenvalue weighted by Gasteiger charge is 2.33. The van der Waals surface area contributed by atoms with Gasteiger partial charge in [-0.2, -0.15) is 13.9 Å². The summed E-state index contributed by atoms with van der Waals surface area (Å²) in [5, 5.41) is 7.50. The lowest BCUT2D eigenvalue weighted by atomic mass is 10.0. The average Bonchev–Trinajstić information content (AvgIpc) is 2.74. The lowest BCUT2D eigenvalue weighted by molar-refractivity contribution is -0.0497. The fourth-order valence-electron chi connectivity index (χ4n) is 3.63. The van der Waals surface area contributed by atoms with Gasteiger partial charge in [0.1, 0.15) is 5.75 Å². The smallest absolute Gasteiger partial charge is 0.387 e. The van der Waals surface area contributed by atoms with E-state index in [0.717, 1.165) is 32.5 Å². The number of halogens is 2. The fourth-order valence-corrected chi connectivity index (χ4v) is 3.63. The Morgan fingerprint density at radius 1 is 1.25 bits per heavy atom. The first-order valence-corrected chi connectivity index (χ1v) is 8.08. The molecule has 2 aromatic rings. The third-order valence-electron chi connectivity index (χ3n) is 4.88. The molecule has 0 unspecified atom stereocenters. The Morgan fingerprint density at radius 2 is 2.04 bits per heavy atom. The summed E-state index contributed by atoms with van der Waals surface area (Å²) < 4.78 is 29.0. The second-order valence-electron chi connectivity index (χ2n) is 6.23. The molecule has 3 aliphatic heterocycles. The van der Waals surface area contributed by atoms with Gasteiger partial charge in [0.05, 0.1) is 5.52 Å². The van der Waals surface area contributed by atoms with E-state index in [0.29, 0.717) is 23.1 Å². The van der Waals surface area contributed by atoms with Gasteiger partial charge in [0.15, 0.2) is 5.69 Å². The van der Waals surface area contributed by atoms with Crippen molar-refractivity contribution in [1.29, 1.82) is 0 Å². The second-order valence-corrected chi connectivity index (χ2v) is 6.23. The van der Waals surface area contributed by atoms with Crippen LogP contribution < -0.4 is 4.74 Å². The van der Waals surface area contributed by atoms with Gasteiger partial charge in [-0.3, -0.25) is 9.89 Å². The Bertz CT molecular complexity index is 756. The van der Waals surface area contributed by atoms with Crippen molar-refractivity contribution in [2.24, 2.45) is 0 Å². The number of hydrogen-bond acceptors (Lipinski definition) is 4. The topological polar surface area (TPSA) is 61.5 Å². The van der Waals surface area contributed by atoms with Gasteiger partial charge in [0, 0.05) is 43.7 Å². The number of piperidine rings is 1. The third-order valence-corrected chi connectivity index (χ3v) is 4.88. The fraction of sp³-hybridized carbons (Fsp3) is 0.500. The van der Waals surface area contributed by atoms with Crippen LogP contribution in [0.1, 0.15) is 23.3 Å². The number of H-pyrrole nitrogens is 1. The highest BCUT2D eigenvalue weighted by molar-refractivity contribution is 6.05. The van der Waals surface area contributed by atoms with E-state index in [1.807, 2.05) is 4.90 Å². The third kappa shape index (κ3) is 2.71. The van der Waals surface area contributed by atoms with Gasteiger partial charge < -0.3 is 14.5 Å². The van der Waals surface area contributed by atoms with Crippen molar-refractivity contribution in [1.82, 2.24) is 20.0 Å². The standard InChI is InChI=1S/C16H18F2N4O2/c17-16(18)24-11-1-2-12-13(9-11)19-20-14(12)15(23)22-8-7-21-5-3-10(22)4-6-21/h1-2,9-10,16H,3-8H2,(H,19,20). The molecule has 1 aromatic heterocycles. The number of aromatic nitrogens is 2. The minimum absolute atomic E-state index is 0.0429. The number of nitrogens with one attached hydrogen (secondary N) is 1. The summed E-state index contributed by atoms with van der Waals surface area (Å²) in [6.45, 7) is 0.768. The molecule has 1 aromatic carbocycles. The molecule has 0 aliphatic carbocycles. The number of alkyl halides is 2. The van der Waals surface area contributed by atoms with Crippen LogP contribution in [0.2, 0.25) is 0 Å². The van der Waals surface area contributed by atoms with Gasteiger partial charge in [-0.05, 0) is 25.0 Å². The zero-order valence-corrected chi connectivity index (χ0v) is 13.0. The van der Waals surface area contributed by atoms with Crippen molar-refractivity contribution in [2.45, 2.75) is 25.5 Å². The summed E-state index contributed by atoms with van der Waals surface area (Å²) >= 11 is 0. The quantitative estimate of drug-likeness (QED) is 0.932. The zero-order valence-electron chi connectivity index (χ0n) is 13.0. The summed E-state index contributed by atoms with van der Waals surface area (Å²) in [6, 6.07) is 4.72. The van der Waals surface area contributed by atoms with E-state index < -0.39 is 6.61 Å². The van der Waals surface area contributed by atoms with E-state index in [1.165, 1.54) is 12.1 Å². The minimum Gasteiger partial charge on any atom is -0.435 e. The predicted molar refractivity (Wildman–Crippen MR) is 83.2 cm³/mol. The molecule has 0 spiro atoms. The van der Waals surface area contributed by atoms with Crippen LogP contribution >= 0.6 is 0 Å². The molecule has 128 valence electrons. The highest BCUT2D eigenvalue weighted by Crippen LogP contribution is 2.27. The van der Waals surface area contributed by atoms with Gasteiger partial charge in [-0.1, -0.05) is 0 Å². The molecule has 8 heteroatoms. The van der Waals surface area contributed by atoms with Crippen molar-refractivity contribution in [3.05, 3.63) is 23.9 Å². The molecule has 0 atom stereocenters. The largest absolute Gasteiger partial charge is 0.435 e. The molecule has 1 N–H and O–H groups in total. The second kappa shape index (κ2) is 6.01. The molecule has 3 fully saturated rings. The lowest BCUT2D eigenvalue weighted by Crippen LogP contribution is -2.41. The molecule has 4 heterocycles. The predicted octanol–water partition coefficient (Wildman–Crippen LogP) is 2.08. The van der Waals surface area contributed by atoms with Crippen LogP contribution in [-0.4, -0.2) is 64.7 Å². The van der Waals surface area contributed by atoms with E-state index >= 15 is 0 Å². The highest BCUT2D eigenvalue weighted by atomic mass is 19.3. The summed E-state index contributed by atoms with van der Waals surface area (Å²) in [7, 11) is 0.